The smallest absolute Gasteiger partial charge is 0.0366 e. The van der Waals surface area contributed by atoms with Crippen molar-refractivity contribution in [1.82, 2.24) is 5.32 Å². The van der Waals surface area contributed by atoms with Gasteiger partial charge >= 0.3 is 0 Å². The summed E-state index contributed by atoms with van der Waals surface area (Å²) in [7, 11) is 2.19. The van der Waals surface area contributed by atoms with Crippen molar-refractivity contribution in [3.63, 3.8) is 0 Å². The molecule has 0 spiro atoms. The highest BCUT2D eigenvalue weighted by molar-refractivity contribution is 5.50. The Morgan fingerprint density at radius 3 is 2.40 bits per heavy atom. The minimum Gasteiger partial charge on any atom is -0.375 e. The first-order chi connectivity index (χ1) is 9.33. The van der Waals surface area contributed by atoms with Gasteiger partial charge in [-0.3, -0.25) is 0 Å². The van der Waals surface area contributed by atoms with E-state index in [0.717, 1.165) is 13.1 Å². The van der Waals surface area contributed by atoms with Gasteiger partial charge in [-0.1, -0.05) is 25.8 Å². The van der Waals surface area contributed by atoms with Crippen molar-refractivity contribution >= 4 is 5.69 Å². The maximum absolute atomic E-state index is 3.56. The predicted molar refractivity (Wildman–Crippen MR) is 90.6 cm³/mol. The molecule has 2 heteroatoms. The van der Waals surface area contributed by atoms with Crippen LogP contribution < -0.4 is 10.2 Å². The van der Waals surface area contributed by atoms with Crippen molar-refractivity contribution < 1.29 is 0 Å². The summed E-state index contributed by atoms with van der Waals surface area (Å²) in [4.78, 5) is 2.36. The number of hydrogen-bond acceptors (Lipinski definition) is 2. The molecule has 0 saturated carbocycles. The molecule has 0 bridgehead atoms. The van der Waals surface area contributed by atoms with E-state index in [-0.39, 0.29) is 5.54 Å². The van der Waals surface area contributed by atoms with Crippen molar-refractivity contribution in [2.24, 2.45) is 0 Å². The molecule has 114 valence electrons. The molecule has 1 N–H and O–H groups in total. The minimum atomic E-state index is 0.169. The van der Waals surface area contributed by atoms with Crippen molar-refractivity contribution in [1.29, 1.82) is 0 Å². The molecule has 0 unspecified atom stereocenters. The SMILES string of the molecule is CCCCCN(C)c1ccc(CNC(C)(C)C)c(C)c1. The molecule has 1 aromatic carbocycles. The lowest BCUT2D eigenvalue weighted by Gasteiger charge is -2.23. The molecule has 2 nitrogen and oxygen atoms in total. The number of rotatable bonds is 7. The van der Waals surface area contributed by atoms with Gasteiger partial charge in [0.2, 0.25) is 0 Å². The highest BCUT2D eigenvalue weighted by atomic mass is 15.1. The molecule has 0 saturated heterocycles. The van der Waals surface area contributed by atoms with Crippen LogP contribution in [0.5, 0.6) is 0 Å². The van der Waals surface area contributed by atoms with Gasteiger partial charge < -0.3 is 10.2 Å². The van der Waals surface area contributed by atoms with Crippen molar-refractivity contribution in [3.05, 3.63) is 29.3 Å². The third-order valence-electron chi connectivity index (χ3n) is 3.67. The number of nitrogens with one attached hydrogen (secondary N) is 1. The Labute approximate surface area is 125 Å². The Morgan fingerprint density at radius 1 is 1.15 bits per heavy atom. The maximum Gasteiger partial charge on any atom is 0.0366 e. The first kappa shape index (κ1) is 17.0. The molecule has 1 aromatic rings. The molecule has 0 radical (unpaired) electrons. The molecule has 0 aliphatic rings. The quantitative estimate of drug-likeness (QED) is 0.737. The molecule has 0 atom stereocenters. The Bertz CT molecular complexity index is 404. The minimum absolute atomic E-state index is 0.169. The van der Waals surface area contributed by atoms with Gasteiger partial charge in [0.15, 0.2) is 0 Å². The molecule has 1 rings (SSSR count). The molecule has 0 amide bonds. The number of anilines is 1. The molecular formula is C18H32N2. The second-order valence-electron chi connectivity index (χ2n) is 6.84. The van der Waals surface area contributed by atoms with Crippen LogP contribution in [0.4, 0.5) is 5.69 Å². The third-order valence-corrected chi connectivity index (χ3v) is 3.67. The standard InChI is InChI=1S/C18H32N2/c1-7-8-9-12-20(6)17-11-10-16(15(2)13-17)14-19-18(3,4)5/h10-11,13,19H,7-9,12,14H2,1-6H3. The van der Waals surface area contributed by atoms with Crippen molar-refractivity contribution in [2.75, 3.05) is 18.5 Å². The van der Waals surface area contributed by atoms with E-state index in [9.17, 15) is 0 Å². The largest absolute Gasteiger partial charge is 0.375 e. The molecule has 0 aliphatic heterocycles. The molecule has 0 heterocycles. The zero-order valence-corrected chi connectivity index (χ0v) is 14.2. The van der Waals surface area contributed by atoms with Crippen molar-refractivity contribution in [3.8, 4) is 0 Å². The van der Waals surface area contributed by atoms with E-state index in [0.29, 0.717) is 0 Å². The van der Waals surface area contributed by atoms with Crippen LogP contribution in [0.3, 0.4) is 0 Å². The van der Waals surface area contributed by atoms with E-state index in [1.54, 1.807) is 0 Å². The fraction of sp³-hybridized carbons (Fsp3) is 0.667. The van der Waals surface area contributed by atoms with Gasteiger partial charge in [0.25, 0.3) is 0 Å². The van der Waals surface area contributed by atoms with Gasteiger partial charge in [-0.2, -0.15) is 0 Å². The van der Waals surface area contributed by atoms with Crippen molar-refractivity contribution in [2.45, 2.75) is 66.0 Å². The second-order valence-corrected chi connectivity index (χ2v) is 6.84. The molecule has 20 heavy (non-hydrogen) atoms. The van der Waals surface area contributed by atoms with Gasteiger partial charge in [-0.15, -0.1) is 0 Å². The number of nitrogens with zero attached hydrogens (tertiary/aromatic N) is 1. The average molecular weight is 276 g/mol. The normalized spacial score (nSPS) is 11.7. The lowest BCUT2D eigenvalue weighted by Crippen LogP contribution is -2.35. The summed E-state index contributed by atoms with van der Waals surface area (Å²) in [5.74, 6) is 0. The van der Waals surface area contributed by atoms with Crippen LogP contribution in [0.1, 0.15) is 58.1 Å². The number of unbranched alkanes of at least 4 members (excludes halogenated alkanes) is 2. The van der Waals surface area contributed by atoms with Crippen LogP contribution in [0.2, 0.25) is 0 Å². The molecule has 0 fully saturated rings. The Kier molecular flexibility index (Phi) is 6.54. The lowest BCUT2D eigenvalue weighted by molar-refractivity contribution is 0.424. The summed E-state index contributed by atoms with van der Waals surface area (Å²) in [6.45, 7) is 13.2. The molecular weight excluding hydrogens is 244 g/mol. The fourth-order valence-corrected chi connectivity index (χ4v) is 2.20. The monoisotopic (exact) mass is 276 g/mol. The number of benzene rings is 1. The number of hydrogen-bond donors (Lipinski definition) is 1. The molecule has 0 aromatic heterocycles. The summed E-state index contributed by atoms with van der Waals surface area (Å²) in [5, 5.41) is 3.56. The lowest BCUT2D eigenvalue weighted by atomic mass is 10.0. The van der Waals surface area contributed by atoms with E-state index in [1.807, 2.05) is 0 Å². The molecule has 0 aliphatic carbocycles. The predicted octanol–water partition coefficient (Wildman–Crippen LogP) is 4.51. The third kappa shape index (κ3) is 5.96. The van der Waals surface area contributed by atoms with E-state index >= 15 is 0 Å². The van der Waals surface area contributed by atoms with Gasteiger partial charge in [0.1, 0.15) is 0 Å². The zero-order chi connectivity index (χ0) is 15.2. The van der Waals surface area contributed by atoms with E-state index < -0.39 is 0 Å². The number of aryl methyl sites for hydroxylation is 1. The summed E-state index contributed by atoms with van der Waals surface area (Å²) < 4.78 is 0. The van der Waals surface area contributed by atoms with Crippen LogP contribution in [0.25, 0.3) is 0 Å². The van der Waals surface area contributed by atoms with Crippen LogP contribution in [0, 0.1) is 6.92 Å². The summed E-state index contributed by atoms with van der Waals surface area (Å²) >= 11 is 0. The Morgan fingerprint density at radius 2 is 1.85 bits per heavy atom. The maximum atomic E-state index is 3.56. The van der Waals surface area contributed by atoms with Gasteiger partial charge in [-0.25, -0.2) is 0 Å². The van der Waals surface area contributed by atoms with E-state index in [4.69, 9.17) is 0 Å². The average Bonchev–Trinajstić information content (AvgIpc) is 2.36. The topological polar surface area (TPSA) is 15.3 Å². The first-order valence-corrected chi connectivity index (χ1v) is 7.89. The van der Waals surface area contributed by atoms with E-state index in [1.165, 1.54) is 36.1 Å². The second kappa shape index (κ2) is 7.68. The highest BCUT2D eigenvalue weighted by Crippen LogP contribution is 2.19. The fourth-order valence-electron chi connectivity index (χ4n) is 2.20. The van der Waals surface area contributed by atoms with Crippen LogP contribution in [-0.2, 0) is 6.54 Å². The van der Waals surface area contributed by atoms with Crippen LogP contribution >= 0.6 is 0 Å². The Balaban J connectivity index is 2.62. The highest BCUT2D eigenvalue weighted by Gasteiger charge is 2.10. The Hall–Kier alpha value is -1.02. The van der Waals surface area contributed by atoms with E-state index in [2.05, 4.69) is 70.1 Å². The summed E-state index contributed by atoms with van der Waals surface area (Å²) in [6, 6.07) is 6.82. The van der Waals surface area contributed by atoms with Gasteiger partial charge in [0, 0.05) is 31.4 Å². The van der Waals surface area contributed by atoms with Crippen LogP contribution in [-0.4, -0.2) is 19.1 Å². The summed E-state index contributed by atoms with van der Waals surface area (Å²) in [5.41, 5.74) is 4.27. The van der Waals surface area contributed by atoms with Gasteiger partial charge in [-0.05, 0) is 57.4 Å². The first-order valence-electron chi connectivity index (χ1n) is 7.89. The van der Waals surface area contributed by atoms with Crippen LogP contribution in [0.15, 0.2) is 18.2 Å². The summed E-state index contributed by atoms with van der Waals surface area (Å²) in [6.07, 6.45) is 3.88. The zero-order valence-electron chi connectivity index (χ0n) is 14.2. The van der Waals surface area contributed by atoms with Gasteiger partial charge in [0.05, 0.1) is 0 Å².